The monoisotopic (exact) mass is 370 g/mol. The van der Waals surface area contributed by atoms with Crippen LogP contribution in [-0.2, 0) is 4.79 Å². The molecule has 1 fully saturated rings. The van der Waals surface area contributed by atoms with E-state index < -0.39 is 0 Å². The minimum absolute atomic E-state index is 0.0791. The molecule has 1 saturated carbocycles. The van der Waals surface area contributed by atoms with Crippen molar-refractivity contribution in [2.45, 2.75) is 30.7 Å². The summed E-state index contributed by atoms with van der Waals surface area (Å²) in [6.07, 6.45) is 3.55. The summed E-state index contributed by atoms with van der Waals surface area (Å²) in [5.41, 5.74) is 7.21. The average Bonchev–Trinajstić information content (AvgIpc) is 3.35. The standard InChI is InChI=1S/C16H14N6OS2/c1-8-6-20-16(25-8)21-12(23)7-24-15-11(5-18)13(9-2-3-9)10(4-17)14(19)22-15/h6,9H,2-3,7H2,1H3,(H2,19,22)(H,20,21,23). The second-order valence-electron chi connectivity index (χ2n) is 5.58. The zero-order valence-electron chi connectivity index (χ0n) is 13.4. The van der Waals surface area contributed by atoms with Gasteiger partial charge < -0.3 is 11.1 Å². The smallest absolute Gasteiger partial charge is 0.236 e. The molecular formula is C16H14N6OS2. The number of pyridine rings is 1. The largest absolute Gasteiger partial charge is 0.383 e. The molecule has 7 nitrogen and oxygen atoms in total. The van der Waals surface area contributed by atoms with Gasteiger partial charge in [0.15, 0.2) is 5.13 Å². The van der Waals surface area contributed by atoms with Crippen molar-refractivity contribution in [1.29, 1.82) is 10.5 Å². The molecule has 1 aliphatic rings. The van der Waals surface area contributed by atoms with E-state index in [2.05, 4.69) is 27.4 Å². The second kappa shape index (κ2) is 7.09. The van der Waals surface area contributed by atoms with Crippen LogP contribution in [0.15, 0.2) is 11.2 Å². The number of amides is 1. The van der Waals surface area contributed by atoms with Gasteiger partial charge in [0.2, 0.25) is 5.91 Å². The molecule has 1 aliphatic carbocycles. The molecule has 3 rings (SSSR count). The Morgan fingerprint density at radius 1 is 1.44 bits per heavy atom. The van der Waals surface area contributed by atoms with Crippen molar-refractivity contribution in [3.8, 4) is 12.1 Å². The number of carbonyl (C=O) groups is 1. The van der Waals surface area contributed by atoms with Crippen molar-refractivity contribution in [3.05, 3.63) is 27.8 Å². The molecule has 0 bridgehead atoms. The fourth-order valence-corrected chi connectivity index (χ4v) is 3.89. The Morgan fingerprint density at radius 3 is 2.72 bits per heavy atom. The van der Waals surface area contributed by atoms with Crippen LogP contribution in [-0.4, -0.2) is 21.6 Å². The number of nitrogens with two attached hydrogens (primary N) is 1. The molecule has 2 aromatic heterocycles. The molecule has 1 amide bonds. The lowest BCUT2D eigenvalue weighted by atomic mass is 10.0. The fraction of sp³-hybridized carbons (Fsp3) is 0.312. The first-order chi connectivity index (χ1) is 12.0. The highest BCUT2D eigenvalue weighted by Crippen LogP contribution is 2.45. The van der Waals surface area contributed by atoms with Crippen molar-refractivity contribution in [2.24, 2.45) is 0 Å². The van der Waals surface area contributed by atoms with Gasteiger partial charge in [-0.2, -0.15) is 10.5 Å². The summed E-state index contributed by atoms with van der Waals surface area (Å²) >= 11 is 2.53. The topological polar surface area (TPSA) is 128 Å². The van der Waals surface area contributed by atoms with Gasteiger partial charge in [0.05, 0.1) is 16.9 Å². The van der Waals surface area contributed by atoms with Gasteiger partial charge >= 0.3 is 0 Å². The van der Waals surface area contributed by atoms with Crippen LogP contribution in [0.25, 0.3) is 0 Å². The molecule has 0 aromatic carbocycles. The molecule has 0 saturated heterocycles. The lowest BCUT2D eigenvalue weighted by Crippen LogP contribution is -2.14. The number of nitrogen functional groups attached to an aromatic ring is 1. The summed E-state index contributed by atoms with van der Waals surface area (Å²) in [6, 6.07) is 4.19. The maximum absolute atomic E-state index is 12.1. The van der Waals surface area contributed by atoms with Crippen molar-refractivity contribution in [2.75, 3.05) is 16.8 Å². The molecule has 9 heteroatoms. The predicted molar refractivity (Wildman–Crippen MR) is 96.3 cm³/mol. The van der Waals surface area contributed by atoms with E-state index in [0.29, 0.717) is 21.3 Å². The van der Waals surface area contributed by atoms with Crippen LogP contribution in [0.5, 0.6) is 0 Å². The van der Waals surface area contributed by atoms with Gasteiger partial charge in [-0.3, -0.25) is 4.79 Å². The second-order valence-corrected chi connectivity index (χ2v) is 7.78. The fourth-order valence-electron chi connectivity index (χ4n) is 2.41. The van der Waals surface area contributed by atoms with Gasteiger partial charge in [0, 0.05) is 11.1 Å². The number of carbonyl (C=O) groups excluding carboxylic acids is 1. The van der Waals surface area contributed by atoms with Gasteiger partial charge in [-0.15, -0.1) is 11.3 Å². The molecule has 0 atom stereocenters. The highest BCUT2D eigenvalue weighted by Gasteiger charge is 2.32. The van der Waals surface area contributed by atoms with Crippen LogP contribution in [0.3, 0.4) is 0 Å². The molecule has 0 aliphatic heterocycles. The number of aryl methyl sites for hydroxylation is 1. The summed E-state index contributed by atoms with van der Waals surface area (Å²) in [4.78, 5) is 21.3. The number of thioether (sulfide) groups is 1. The highest BCUT2D eigenvalue weighted by molar-refractivity contribution is 8.00. The molecule has 25 heavy (non-hydrogen) atoms. The number of thiazole rings is 1. The van der Waals surface area contributed by atoms with Crippen molar-refractivity contribution < 1.29 is 4.79 Å². The van der Waals surface area contributed by atoms with Crippen LogP contribution in [0.1, 0.15) is 40.3 Å². The summed E-state index contributed by atoms with van der Waals surface area (Å²) in [5.74, 6) is 0.138. The van der Waals surface area contributed by atoms with Crippen LogP contribution >= 0.6 is 23.1 Å². The van der Waals surface area contributed by atoms with Crippen molar-refractivity contribution >= 4 is 40.0 Å². The van der Waals surface area contributed by atoms with Gasteiger partial charge in [0.1, 0.15) is 23.0 Å². The number of aromatic nitrogens is 2. The number of nitriles is 2. The summed E-state index contributed by atoms with van der Waals surface area (Å²) in [7, 11) is 0. The van der Waals surface area contributed by atoms with E-state index in [4.69, 9.17) is 5.73 Å². The molecular weight excluding hydrogens is 356 g/mol. The van der Waals surface area contributed by atoms with Crippen LogP contribution in [0.2, 0.25) is 0 Å². The van der Waals surface area contributed by atoms with E-state index in [0.717, 1.165) is 29.5 Å². The third-order valence-electron chi connectivity index (χ3n) is 3.65. The SMILES string of the molecule is Cc1cnc(NC(=O)CSc2nc(N)c(C#N)c(C3CC3)c2C#N)s1. The number of rotatable bonds is 5. The van der Waals surface area contributed by atoms with E-state index >= 15 is 0 Å². The number of anilines is 2. The van der Waals surface area contributed by atoms with Crippen molar-refractivity contribution in [3.63, 3.8) is 0 Å². The summed E-state index contributed by atoms with van der Waals surface area (Å²) in [5, 5.41) is 22.5. The first kappa shape index (κ1) is 17.2. The minimum atomic E-state index is -0.235. The lowest BCUT2D eigenvalue weighted by molar-refractivity contribution is -0.113. The van der Waals surface area contributed by atoms with E-state index in [1.807, 2.05) is 6.92 Å². The van der Waals surface area contributed by atoms with Gasteiger partial charge in [-0.1, -0.05) is 11.8 Å². The predicted octanol–water partition coefficient (Wildman–Crippen LogP) is 2.78. The minimum Gasteiger partial charge on any atom is -0.383 e. The Balaban J connectivity index is 1.79. The quantitative estimate of drug-likeness (QED) is 0.774. The average molecular weight is 370 g/mol. The third-order valence-corrected chi connectivity index (χ3v) is 5.45. The van der Waals surface area contributed by atoms with E-state index in [1.54, 1.807) is 6.20 Å². The first-order valence-electron chi connectivity index (χ1n) is 7.52. The highest BCUT2D eigenvalue weighted by atomic mass is 32.2. The zero-order chi connectivity index (χ0) is 18.0. The van der Waals surface area contributed by atoms with Crippen molar-refractivity contribution in [1.82, 2.24) is 9.97 Å². The maximum atomic E-state index is 12.1. The Labute approximate surface area is 152 Å². The maximum Gasteiger partial charge on any atom is 0.236 e. The van der Waals surface area contributed by atoms with E-state index in [9.17, 15) is 15.3 Å². The lowest BCUT2D eigenvalue weighted by Gasteiger charge is -2.11. The van der Waals surface area contributed by atoms with Gasteiger partial charge in [-0.25, -0.2) is 9.97 Å². The van der Waals surface area contributed by atoms with Gasteiger partial charge in [0.25, 0.3) is 0 Å². The molecule has 3 N–H and O–H groups in total. The van der Waals surface area contributed by atoms with Gasteiger partial charge in [-0.05, 0) is 31.2 Å². The van der Waals surface area contributed by atoms with E-state index in [-0.39, 0.29) is 29.0 Å². The molecule has 0 unspecified atom stereocenters. The Kier molecular flexibility index (Phi) is 4.88. The number of nitrogens with one attached hydrogen (secondary N) is 1. The summed E-state index contributed by atoms with van der Waals surface area (Å²) < 4.78 is 0. The normalized spacial score (nSPS) is 13.1. The number of nitrogens with zero attached hydrogens (tertiary/aromatic N) is 4. The van der Waals surface area contributed by atoms with Crippen LogP contribution in [0.4, 0.5) is 10.9 Å². The summed E-state index contributed by atoms with van der Waals surface area (Å²) in [6.45, 7) is 1.91. The molecule has 2 aromatic rings. The third kappa shape index (κ3) is 3.73. The Hall–Kier alpha value is -2.62. The Morgan fingerprint density at radius 2 is 2.16 bits per heavy atom. The molecule has 0 spiro atoms. The van der Waals surface area contributed by atoms with Crippen LogP contribution < -0.4 is 11.1 Å². The van der Waals surface area contributed by atoms with E-state index in [1.165, 1.54) is 11.3 Å². The number of hydrogen-bond donors (Lipinski definition) is 2. The Bertz CT molecular complexity index is 920. The molecule has 126 valence electrons. The number of hydrogen-bond acceptors (Lipinski definition) is 8. The molecule has 2 heterocycles. The van der Waals surface area contributed by atoms with Crippen LogP contribution in [0, 0.1) is 29.6 Å². The zero-order valence-corrected chi connectivity index (χ0v) is 15.0. The molecule has 0 radical (unpaired) electrons. The first-order valence-corrected chi connectivity index (χ1v) is 9.32.